The predicted octanol–water partition coefficient (Wildman–Crippen LogP) is 2.46. The smallest absolute Gasteiger partial charge is 0.120 e. The average molecular weight is 264 g/mol. The molecule has 1 aromatic heterocycles. The van der Waals surface area contributed by atoms with Crippen LogP contribution >= 0.6 is 11.3 Å². The van der Waals surface area contributed by atoms with Crippen LogP contribution in [0.5, 0.6) is 11.5 Å². The Hall–Kier alpha value is -1.59. The third-order valence-corrected chi connectivity index (χ3v) is 3.67. The van der Waals surface area contributed by atoms with Gasteiger partial charge in [-0.1, -0.05) is 0 Å². The number of methoxy groups -OCH3 is 1. The number of aromatic nitrogens is 1. The summed E-state index contributed by atoms with van der Waals surface area (Å²) in [5.41, 5.74) is 3.73. The van der Waals surface area contributed by atoms with Gasteiger partial charge in [0.05, 0.1) is 18.3 Å². The summed E-state index contributed by atoms with van der Waals surface area (Å²) in [5.74, 6) is 1.03. The van der Waals surface area contributed by atoms with Gasteiger partial charge < -0.3 is 15.2 Å². The van der Waals surface area contributed by atoms with E-state index in [1.54, 1.807) is 30.6 Å². The number of hydrogen-bond donors (Lipinski definition) is 2. The Labute approximate surface area is 110 Å². The number of aryl methyl sites for hydroxylation is 1. The van der Waals surface area contributed by atoms with Crippen LogP contribution < -0.4 is 10.1 Å². The maximum absolute atomic E-state index is 9.74. The number of phenols is 1. The number of nitrogens with one attached hydrogen (secondary N) is 1. The van der Waals surface area contributed by atoms with Gasteiger partial charge in [0.15, 0.2) is 0 Å². The van der Waals surface area contributed by atoms with Crippen molar-refractivity contribution < 1.29 is 9.84 Å². The van der Waals surface area contributed by atoms with E-state index in [4.69, 9.17) is 4.74 Å². The lowest BCUT2D eigenvalue weighted by atomic mass is 10.2. The fourth-order valence-corrected chi connectivity index (χ4v) is 2.38. The zero-order valence-electron chi connectivity index (χ0n) is 10.4. The van der Waals surface area contributed by atoms with Crippen LogP contribution in [0.3, 0.4) is 0 Å². The van der Waals surface area contributed by atoms with E-state index in [-0.39, 0.29) is 5.75 Å². The Balaban J connectivity index is 1.96. The van der Waals surface area contributed by atoms with Crippen molar-refractivity contribution in [2.75, 3.05) is 7.11 Å². The van der Waals surface area contributed by atoms with Crippen LogP contribution in [0.15, 0.2) is 23.7 Å². The second-order valence-electron chi connectivity index (χ2n) is 3.96. The predicted molar refractivity (Wildman–Crippen MR) is 72.1 cm³/mol. The third-order valence-electron chi connectivity index (χ3n) is 2.73. The minimum Gasteiger partial charge on any atom is -0.508 e. The fraction of sp³-hybridized carbons (Fsp3) is 0.308. The molecule has 5 heteroatoms. The zero-order chi connectivity index (χ0) is 13.0. The Morgan fingerprint density at radius 3 is 2.89 bits per heavy atom. The van der Waals surface area contributed by atoms with E-state index in [1.165, 1.54) is 4.88 Å². The van der Waals surface area contributed by atoms with Gasteiger partial charge in [-0.25, -0.2) is 4.98 Å². The van der Waals surface area contributed by atoms with Gasteiger partial charge in [0.25, 0.3) is 0 Å². The van der Waals surface area contributed by atoms with Crippen LogP contribution in [-0.2, 0) is 13.1 Å². The fourth-order valence-electron chi connectivity index (χ4n) is 1.64. The second kappa shape index (κ2) is 5.84. The lowest BCUT2D eigenvalue weighted by Crippen LogP contribution is -2.12. The van der Waals surface area contributed by atoms with E-state index in [1.807, 2.05) is 18.5 Å². The van der Waals surface area contributed by atoms with Gasteiger partial charge in [-0.05, 0) is 25.1 Å². The van der Waals surface area contributed by atoms with Gasteiger partial charge in [0.1, 0.15) is 11.5 Å². The number of hydrogen-bond acceptors (Lipinski definition) is 5. The number of rotatable bonds is 5. The second-order valence-corrected chi connectivity index (χ2v) is 4.90. The van der Waals surface area contributed by atoms with Crippen LogP contribution in [0.4, 0.5) is 0 Å². The number of ether oxygens (including phenoxy) is 1. The quantitative estimate of drug-likeness (QED) is 0.871. The van der Waals surface area contributed by atoms with Crippen LogP contribution in [0.25, 0.3) is 0 Å². The van der Waals surface area contributed by atoms with E-state index in [9.17, 15) is 5.11 Å². The van der Waals surface area contributed by atoms with Crippen LogP contribution in [0, 0.1) is 6.92 Å². The molecule has 0 bridgehead atoms. The molecule has 0 aliphatic carbocycles. The van der Waals surface area contributed by atoms with Crippen molar-refractivity contribution in [1.29, 1.82) is 0 Å². The van der Waals surface area contributed by atoms with E-state index < -0.39 is 0 Å². The lowest BCUT2D eigenvalue weighted by Gasteiger charge is -2.08. The Kier molecular flexibility index (Phi) is 4.17. The molecule has 0 saturated heterocycles. The standard InChI is InChI=1S/C13H16N2O2S/c1-9-13(18-8-15-9)7-14-6-10-5-11(17-2)3-4-12(10)16/h3-5,8,14,16H,6-7H2,1-2H3. The molecule has 0 spiro atoms. The molecule has 0 aliphatic heterocycles. The number of benzene rings is 1. The number of nitrogens with zero attached hydrogens (tertiary/aromatic N) is 1. The Morgan fingerprint density at radius 2 is 2.22 bits per heavy atom. The molecule has 0 radical (unpaired) electrons. The first kappa shape index (κ1) is 12.9. The first-order valence-electron chi connectivity index (χ1n) is 5.66. The van der Waals surface area contributed by atoms with Gasteiger partial charge in [0, 0.05) is 23.5 Å². The molecule has 0 saturated carbocycles. The third kappa shape index (κ3) is 3.00. The van der Waals surface area contributed by atoms with Crippen molar-refractivity contribution >= 4 is 11.3 Å². The first-order valence-corrected chi connectivity index (χ1v) is 6.54. The summed E-state index contributed by atoms with van der Waals surface area (Å²) in [6.45, 7) is 3.35. The van der Waals surface area contributed by atoms with E-state index in [2.05, 4.69) is 10.3 Å². The van der Waals surface area contributed by atoms with Crippen LogP contribution in [0.1, 0.15) is 16.1 Å². The molecule has 1 aromatic carbocycles. The monoisotopic (exact) mass is 264 g/mol. The summed E-state index contributed by atoms with van der Waals surface area (Å²) in [6, 6.07) is 5.22. The molecule has 0 amide bonds. The molecule has 0 atom stereocenters. The molecule has 18 heavy (non-hydrogen) atoms. The summed E-state index contributed by atoms with van der Waals surface area (Å²) in [7, 11) is 1.62. The Morgan fingerprint density at radius 1 is 1.39 bits per heavy atom. The molecule has 96 valence electrons. The van der Waals surface area contributed by atoms with Crippen molar-refractivity contribution in [2.45, 2.75) is 20.0 Å². The molecule has 2 N–H and O–H groups in total. The van der Waals surface area contributed by atoms with Crippen molar-refractivity contribution in [3.63, 3.8) is 0 Å². The molecule has 0 aliphatic rings. The number of aromatic hydroxyl groups is 1. The molecular formula is C13H16N2O2S. The van der Waals surface area contributed by atoms with Gasteiger partial charge in [-0.3, -0.25) is 0 Å². The maximum atomic E-state index is 9.74. The van der Waals surface area contributed by atoms with Crippen molar-refractivity contribution in [3.05, 3.63) is 39.8 Å². The highest BCUT2D eigenvalue weighted by Crippen LogP contribution is 2.22. The number of phenolic OH excluding ortho intramolecular Hbond substituents is 1. The van der Waals surface area contributed by atoms with Gasteiger partial charge in [-0.2, -0.15) is 0 Å². The minimum absolute atomic E-state index is 0.282. The van der Waals surface area contributed by atoms with E-state index in [0.717, 1.165) is 23.6 Å². The molecule has 2 rings (SSSR count). The van der Waals surface area contributed by atoms with Crippen LogP contribution in [0.2, 0.25) is 0 Å². The molecule has 0 fully saturated rings. The SMILES string of the molecule is COc1ccc(O)c(CNCc2scnc2C)c1. The molecule has 4 nitrogen and oxygen atoms in total. The topological polar surface area (TPSA) is 54.4 Å². The van der Waals surface area contributed by atoms with Gasteiger partial charge >= 0.3 is 0 Å². The molecule has 1 heterocycles. The van der Waals surface area contributed by atoms with E-state index in [0.29, 0.717) is 6.54 Å². The first-order chi connectivity index (χ1) is 8.70. The van der Waals surface area contributed by atoms with Crippen LogP contribution in [-0.4, -0.2) is 17.2 Å². The highest BCUT2D eigenvalue weighted by Gasteiger charge is 2.04. The number of thiazole rings is 1. The summed E-state index contributed by atoms with van der Waals surface area (Å²) < 4.78 is 5.13. The minimum atomic E-state index is 0.282. The lowest BCUT2D eigenvalue weighted by molar-refractivity contribution is 0.410. The maximum Gasteiger partial charge on any atom is 0.120 e. The molecule has 0 unspecified atom stereocenters. The normalized spacial score (nSPS) is 10.6. The average Bonchev–Trinajstić information content (AvgIpc) is 2.77. The van der Waals surface area contributed by atoms with Crippen molar-refractivity contribution in [2.24, 2.45) is 0 Å². The summed E-state index contributed by atoms with van der Waals surface area (Å²) in [5, 5.41) is 13.0. The highest BCUT2D eigenvalue weighted by atomic mass is 32.1. The summed E-state index contributed by atoms with van der Waals surface area (Å²) in [4.78, 5) is 5.42. The highest BCUT2D eigenvalue weighted by molar-refractivity contribution is 7.09. The largest absolute Gasteiger partial charge is 0.508 e. The van der Waals surface area contributed by atoms with Crippen molar-refractivity contribution in [1.82, 2.24) is 10.3 Å². The van der Waals surface area contributed by atoms with E-state index >= 15 is 0 Å². The van der Waals surface area contributed by atoms with Gasteiger partial charge in [0.2, 0.25) is 0 Å². The molecular weight excluding hydrogens is 248 g/mol. The zero-order valence-corrected chi connectivity index (χ0v) is 11.3. The van der Waals surface area contributed by atoms with Crippen molar-refractivity contribution in [3.8, 4) is 11.5 Å². The summed E-state index contributed by atoms with van der Waals surface area (Å²) >= 11 is 1.64. The Bertz CT molecular complexity index is 525. The summed E-state index contributed by atoms with van der Waals surface area (Å²) in [6.07, 6.45) is 0. The van der Waals surface area contributed by atoms with Gasteiger partial charge in [-0.15, -0.1) is 11.3 Å². The molecule has 2 aromatic rings.